The topological polar surface area (TPSA) is 12.5 Å². The molecule has 2 nitrogen and oxygen atoms in total. The van der Waals surface area contributed by atoms with Crippen molar-refractivity contribution in [3.05, 3.63) is 29.3 Å². The van der Waals surface area contributed by atoms with E-state index in [1.807, 2.05) is 13.8 Å². The monoisotopic (exact) mass is 309 g/mol. The Morgan fingerprint density at radius 1 is 1.35 bits per heavy atom. The molecule has 0 N–H and O–H groups in total. The summed E-state index contributed by atoms with van der Waals surface area (Å²) in [4.78, 5) is 1.68. The first-order valence-electron chi connectivity index (χ1n) is 6.36. The Morgan fingerprint density at radius 3 is 2.45 bits per heavy atom. The number of hydrogen-bond acceptors (Lipinski definition) is 2. The molecule has 0 heterocycles. The molecule has 0 spiro atoms. The van der Waals surface area contributed by atoms with E-state index in [9.17, 15) is 13.2 Å². The SMILES string of the molecule is CCN(c1ccc(CCl)cc1C(F)(F)F)C(C)COC. The Kier molecular flexibility index (Phi) is 6.14. The number of nitrogens with zero attached hydrogens (tertiary/aromatic N) is 1. The van der Waals surface area contributed by atoms with Crippen LogP contribution in [0.5, 0.6) is 0 Å². The van der Waals surface area contributed by atoms with Crippen LogP contribution in [0.4, 0.5) is 18.9 Å². The number of likely N-dealkylation sites (N-methyl/N-ethyl adjacent to an activating group) is 1. The fourth-order valence-electron chi connectivity index (χ4n) is 2.19. The van der Waals surface area contributed by atoms with Gasteiger partial charge in [0.15, 0.2) is 0 Å². The van der Waals surface area contributed by atoms with Crippen molar-refractivity contribution in [1.29, 1.82) is 0 Å². The zero-order valence-corrected chi connectivity index (χ0v) is 12.6. The lowest BCUT2D eigenvalue weighted by atomic mass is 10.1. The summed E-state index contributed by atoms with van der Waals surface area (Å²) < 4.78 is 44.7. The Labute approximate surface area is 122 Å². The van der Waals surface area contributed by atoms with Crippen molar-refractivity contribution in [2.45, 2.75) is 31.9 Å². The average molecular weight is 310 g/mol. The third-order valence-corrected chi connectivity index (χ3v) is 3.42. The van der Waals surface area contributed by atoms with Gasteiger partial charge in [-0.3, -0.25) is 0 Å². The molecule has 114 valence electrons. The van der Waals surface area contributed by atoms with E-state index in [-0.39, 0.29) is 17.6 Å². The van der Waals surface area contributed by atoms with Crippen LogP contribution >= 0.6 is 11.6 Å². The highest BCUT2D eigenvalue weighted by Gasteiger charge is 2.35. The maximum absolute atomic E-state index is 13.2. The van der Waals surface area contributed by atoms with E-state index in [1.54, 1.807) is 11.0 Å². The number of benzene rings is 1. The molecule has 0 aliphatic carbocycles. The predicted octanol–water partition coefficient (Wildman–Crippen LogP) is 4.31. The molecule has 1 rings (SSSR count). The zero-order valence-electron chi connectivity index (χ0n) is 11.8. The molecule has 0 saturated carbocycles. The second-order valence-corrected chi connectivity index (χ2v) is 4.84. The van der Waals surface area contributed by atoms with Gasteiger partial charge in [-0.15, -0.1) is 11.6 Å². The minimum atomic E-state index is -4.41. The molecule has 0 aliphatic rings. The summed E-state index contributed by atoms with van der Waals surface area (Å²) in [6, 6.07) is 4.08. The van der Waals surface area contributed by atoms with E-state index in [0.29, 0.717) is 18.7 Å². The molecule has 0 aliphatic heterocycles. The third-order valence-electron chi connectivity index (χ3n) is 3.11. The van der Waals surface area contributed by atoms with Crippen LogP contribution in [0.3, 0.4) is 0 Å². The van der Waals surface area contributed by atoms with Crippen LogP contribution in [0.2, 0.25) is 0 Å². The van der Waals surface area contributed by atoms with Gasteiger partial charge in [0, 0.05) is 31.3 Å². The van der Waals surface area contributed by atoms with Crippen molar-refractivity contribution >= 4 is 17.3 Å². The van der Waals surface area contributed by atoms with Gasteiger partial charge in [-0.25, -0.2) is 0 Å². The maximum Gasteiger partial charge on any atom is 0.418 e. The van der Waals surface area contributed by atoms with Crippen LogP contribution in [-0.4, -0.2) is 26.3 Å². The van der Waals surface area contributed by atoms with Crippen LogP contribution < -0.4 is 4.90 Å². The number of anilines is 1. The second kappa shape index (κ2) is 7.18. The summed E-state index contributed by atoms with van der Waals surface area (Å²) in [6.45, 7) is 4.49. The molecule has 0 amide bonds. The minimum Gasteiger partial charge on any atom is -0.383 e. The Balaban J connectivity index is 3.27. The molecule has 0 saturated heterocycles. The maximum atomic E-state index is 13.2. The minimum absolute atomic E-state index is 0.0586. The fraction of sp³-hybridized carbons (Fsp3) is 0.571. The Bertz CT molecular complexity index is 437. The summed E-state index contributed by atoms with van der Waals surface area (Å²) >= 11 is 5.63. The van der Waals surface area contributed by atoms with Crippen LogP contribution in [0.15, 0.2) is 18.2 Å². The van der Waals surface area contributed by atoms with Gasteiger partial charge in [-0.05, 0) is 31.5 Å². The summed E-state index contributed by atoms with van der Waals surface area (Å²) in [5.74, 6) is 0.0586. The molecule has 1 unspecified atom stereocenters. The molecule has 1 atom stereocenters. The largest absolute Gasteiger partial charge is 0.418 e. The average Bonchev–Trinajstić information content (AvgIpc) is 2.39. The second-order valence-electron chi connectivity index (χ2n) is 4.57. The lowest BCUT2D eigenvalue weighted by Crippen LogP contribution is -2.37. The molecule has 0 bridgehead atoms. The first-order chi connectivity index (χ1) is 9.35. The first kappa shape index (κ1) is 17.1. The number of methoxy groups -OCH3 is 1. The summed E-state index contributed by atoms with van der Waals surface area (Å²) in [5.41, 5.74) is -0.0305. The van der Waals surface area contributed by atoms with Gasteiger partial charge in [0.1, 0.15) is 0 Å². The van der Waals surface area contributed by atoms with Crippen molar-refractivity contribution in [2.24, 2.45) is 0 Å². The van der Waals surface area contributed by atoms with Crippen molar-refractivity contribution in [1.82, 2.24) is 0 Å². The Morgan fingerprint density at radius 2 is 2.00 bits per heavy atom. The molecule has 6 heteroatoms. The van der Waals surface area contributed by atoms with Gasteiger partial charge in [-0.2, -0.15) is 13.2 Å². The van der Waals surface area contributed by atoms with Crippen LogP contribution in [0, 0.1) is 0 Å². The van der Waals surface area contributed by atoms with E-state index >= 15 is 0 Å². The van der Waals surface area contributed by atoms with Crippen molar-refractivity contribution in [3.8, 4) is 0 Å². The van der Waals surface area contributed by atoms with Gasteiger partial charge in [0.2, 0.25) is 0 Å². The molecule has 0 aromatic heterocycles. The van der Waals surface area contributed by atoms with E-state index in [0.717, 1.165) is 6.07 Å². The van der Waals surface area contributed by atoms with Crippen molar-refractivity contribution in [2.75, 3.05) is 25.2 Å². The van der Waals surface area contributed by atoms with E-state index in [4.69, 9.17) is 16.3 Å². The number of rotatable bonds is 6. The molecule has 20 heavy (non-hydrogen) atoms. The molecule has 1 aromatic carbocycles. The first-order valence-corrected chi connectivity index (χ1v) is 6.90. The number of ether oxygens (including phenoxy) is 1. The highest BCUT2D eigenvalue weighted by atomic mass is 35.5. The molecule has 0 radical (unpaired) electrons. The van der Waals surface area contributed by atoms with E-state index in [1.165, 1.54) is 13.2 Å². The summed E-state index contributed by atoms with van der Waals surface area (Å²) in [7, 11) is 1.53. The third kappa shape index (κ3) is 4.03. The van der Waals surface area contributed by atoms with Gasteiger partial charge < -0.3 is 9.64 Å². The highest BCUT2D eigenvalue weighted by molar-refractivity contribution is 6.17. The van der Waals surface area contributed by atoms with Gasteiger partial charge in [-0.1, -0.05) is 6.07 Å². The van der Waals surface area contributed by atoms with E-state index in [2.05, 4.69) is 0 Å². The zero-order chi connectivity index (χ0) is 15.3. The Hall–Kier alpha value is -0.940. The molecule has 1 aromatic rings. The van der Waals surface area contributed by atoms with Crippen molar-refractivity contribution < 1.29 is 17.9 Å². The molecule has 0 fully saturated rings. The lowest BCUT2D eigenvalue weighted by molar-refractivity contribution is -0.137. The van der Waals surface area contributed by atoms with Gasteiger partial charge in [0.25, 0.3) is 0 Å². The molecular weight excluding hydrogens is 291 g/mol. The van der Waals surface area contributed by atoms with Crippen LogP contribution in [-0.2, 0) is 16.8 Å². The van der Waals surface area contributed by atoms with Gasteiger partial charge in [0.05, 0.1) is 12.2 Å². The number of alkyl halides is 4. The fourth-order valence-corrected chi connectivity index (χ4v) is 2.36. The quantitative estimate of drug-likeness (QED) is 0.726. The van der Waals surface area contributed by atoms with Crippen LogP contribution in [0.25, 0.3) is 0 Å². The number of halogens is 4. The van der Waals surface area contributed by atoms with Gasteiger partial charge >= 0.3 is 6.18 Å². The smallest absolute Gasteiger partial charge is 0.383 e. The number of hydrogen-bond donors (Lipinski definition) is 0. The van der Waals surface area contributed by atoms with Crippen LogP contribution in [0.1, 0.15) is 25.0 Å². The summed E-state index contributed by atoms with van der Waals surface area (Å²) in [6.07, 6.45) is -4.41. The highest BCUT2D eigenvalue weighted by Crippen LogP contribution is 2.38. The molecular formula is C14H19ClF3NO. The standard InChI is InChI=1S/C14H19ClF3NO/c1-4-19(10(2)9-20-3)13-6-5-11(8-15)7-12(13)14(16,17)18/h5-7,10H,4,8-9H2,1-3H3. The lowest BCUT2D eigenvalue weighted by Gasteiger charge is -2.32. The van der Waals surface area contributed by atoms with E-state index < -0.39 is 11.7 Å². The normalized spacial score (nSPS) is 13.3. The predicted molar refractivity (Wildman–Crippen MR) is 75.4 cm³/mol. The van der Waals surface area contributed by atoms with Crippen molar-refractivity contribution in [3.63, 3.8) is 0 Å². The summed E-state index contributed by atoms with van der Waals surface area (Å²) in [5, 5.41) is 0.